The average Bonchev–Trinajstić information content (AvgIpc) is 3.31. The number of benzene rings is 1. The van der Waals surface area contributed by atoms with Crippen molar-refractivity contribution in [2.24, 2.45) is 0 Å². The maximum Gasteiger partial charge on any atom is 0.326 e. The largest absolute Gasteiger partial charge is 0.347 e. The first kappa shape index (κ1) is 20.0. The number of rotatable bonds is 6. The fourth-order valence-corrected chi connectivity index (χ4v) is 4.19. The summed E-state index contributed by atoms with van der Waals surface area (Å²) in [4.78, 5) is 37.6. The zero-order chi connectivity index (χ0) is 21.1. The van der Waals surface area contributed by atoms with Gasteiger partial charge >= 0.3 is 6.03 Å². The molecular formula is C21H20FN5O2S. The van der Waals surface area contributed by atoms with Gasteiger partial charge in [-0.05, 0) is 42.3 Å². The van der Waals surface area contributed by atoms with Crippen LogP contribution in [0.4, 0.5) is 14.3 Å². The van der Waals surface area contributed by atoms with Crippen molar-refractivity contribution in [3.05, 3.63) is 76.3 Å². The van der Waals surface area contributed by atoms with E-state index in [9.17, 15) is 14.0 Å². The molecule has 0 saturated carbocycles. The number of hydrogen-bond donors (Lipinski definition) is 1. The molecule has 1 aromatic carbocycles. The third kappa shape index (κ3) is 4.30. The molecule has 1 fully saturated rings. The Hall–Kier alpha value is -3.33. The number of anilines is 1. The maximum absolute atomic E-state index is 13.1. The first-order valence-electron chi connectivity index (χ1n) is 9.46. The van der Waals surface area contributed by atoms with Crippen molar-refractivity contribution in [3.8, 4) is 0 Å². The molecule has 3 amide bonds. The number of urea groups is 1. The zero-order valence-corrected chi connectivity index (χ0v) is 17.2. The van der Waals surface area contributed by atoms with E-state index in [0.29, 0.717) is 41.9 Å². The van der Waals surface area contributed by atoms with Crippen LogP contribution in [0.1, 0.15) is 26.5 Å². The van der Waals surface area contributed by atoms with E-state index in [1.165, 1.54) is 23.5 Å². The summed E-state index contributed by atoms with van der Waals surface area (Å²) in [6.45, 7) is 3.59. The summed E-state index contributed by atoms with van der Waals surface area (Å²) in [5.74, 6) is -0.524. The Morgan fingerprint density at radius 3 is 2.60 bits per heavy atom. The van der Waals surface area contributed by atoms with Gasteiger partial charge < -0.3 is 10.2 Å². The lowest BCUT2D eigenvalue weighted by atomic mass is 10.2. The standard InChI is InChI=1S/C21H20FN5O2S/c1-14-18(19(28)24-12-15-6-8-23-9-7-15)30-20(25-14)27-11-10-26(21(27)29)13-16-2-4-17(22)5-3-16/h2-9H,10-13H2,1H3,(H,24,28). The molecule has 0 bridgehead atoms. The SMILES string of the molecule is Cc1nc(N2CCN(Cc3ccc(F)cc3)C2=O)sc1C(=O)NCc1ccncc1. The van der Waals surface area contributed by atoms with Gasteiger partial charge in [0.05, 0.1) is 5.69 Å². The van der Waals surface area contributed by atoms with E-state index in [4.69, 9.17) is 0 Å². The molecule has 1 aliphatic rings. The van der Waals surface area contributed by atoms with Gasteiger partial charge in [0.1, 0.15) is 10.7 Å². The van der Waals surface area contributed by atoms with Gasteiger partial charge in [-0.25, -0.2) is 14.2 Å². The van der Waals surface area contributed by atoms with Crippen molar-refractivity contribution in [1.82, 2.24) is 20.2 Å². The molecule has 2 aromatic heterocycles. The van der Waals surface area contributed by atoms with Gasteiger partial charge in [0, 0.05) is 38.6 Å². The fraction of sp³-hybridized carbons (Fsp3) is 0.238. The number of carbonyl (C=O) groups excluding carboxylic acids is 2. The van der Waals surface area contributed by atoms with Crippen LogP contribution in [0.25, 0.3) is 0 Å². The van der Waals surface area contributed by atoms with Crippen LogP contribution in [0.5, 0.6) is 0 Å². The summed E-state index contributed by atoms with van der Waals surface area (Å²) in [5.41, 5.74) is 2.40. The van der Waals surface area contributed by atoms with Crippen LogP contribution in [0, 0.1) is 12.7 Å². The Bertz CT molecular complexity index is 1060. The minimum Gasteiger partial charge on any atom is -0.347 e. The summed E-state index contributed by atoms with van der Waals surface area (Å²) < 4.78 is 13.1. The van der Waals surface area contributed by atoms with E-state index in [2.05, 4.69) is 15.3 Å². The first-order chi connectivity index (χ1) is 14.5. The number of nitrogens with zero attached hydrogens (tertiary/aromatic N) is 4. The quantitative estimate of drug-likeness (QED) is 0.657. The molecular weight excluding hydrogens is 405 g/mol. The molecule has 1 aliphatic heterocycles. The first-order valence-corrected chi connectivity index (χ1v) is 10.3. The number of carbonyl (C=O) groups is 2. The smallest absolute Gasteiger partial charge is 0.326 e. The van der Waals surface area contributed by atoms with Gasteiger partial charge in [-0.2, -0.15) is 0 Å². The van der Waals surface area contributed by atoms with E-state index < -0.39 is 0 Å². The summed E-state index contributed by atoms with van der Waals surface area (Å²) in [7, 11) is 0. The number of aryl methyl sites for hydroxylation is 1. The number of nitrogens with one attached hydrogen (secondary N) is 1. The minimum absolute atomic E-state index is 0.170. The van der Waals surface area contributed by atoms with E-state index in [-0.39, 0.29) is 17.8 Å². The van der Waals surface area contributed by atoms with Crippen LogP contribution in [0.2, 0.25) is 0 Å². The van der Waals surface area contributed by atoms with Gasteiger partial charge in [0.15, 0.2) is 5.13 Å². The van der Waals surface area contributed by atoms with Crippen molar-refractivity contribution in [3.63, 3.8) is 0 Å². The van der Waals surface area contributed by atoms with Crippen LogP contribution in [-0.2, 0) is 13.1 Å². The molecule has 9 heteroatoms. The number of thiazole rings is 1. The van der Waals surface area contributed by atoms with Crippen molar-refractivity contribution in [1.29, 1.82) is 0 Å². The Labute approximate surface area is 177 Å². The Kier molecular flexibility index (Phi) is 5.71. The summed E-state index contributed by atoms with van der Waals surface area (Å²) in [6, 6.07) is 9.61. The third-order valence-electron chi connectivity index (χ3n) is 4.81. The molecule has 0 radical (unpaired) electrons. The lowest BCUT2D eigenvalue weighted by molar-refractivity contribution is 0.0954. The highest BCUT2D eigenvalue weighted by Gasteiger charge is 2.32. The summed E-state index contributed by atoms with van der Waals surface area (Å²) in [6.07, 6.45) is 3.35. The van der Waals surface area contributed by atoms with Gasteiger partial charge in [-0.1, -0.05) is 23.5 Å². The second-order valence-electron chi connectivity index (χ2n) is 6.93. The van der Waals surface area contributed by atoms with Gasteiger partial charge in [0.25, 0.3) is 5.91 Å². The number of pyridine rings is 1. The molecule has 30 heavy (non-hydrogen) atoms. The topological polar surface area (TPSA) is 78.4 Å². The molecule has 3 heterocycles. The predicted molar refractivity (Wildman–Crippen MR) is 112 cm³/mol. The molecule has 3 aromatic rings. The van der Waals surface area contributed by atoms with Crippen molar-refractivity contribution in [2.45, 2.75) is 20.0 Å². The lowest BCUT2D eigenvalue weighted by Crippen LogP contribution is -2.31. The second kappa shape index (κ2) is 8.58. The van der Waals surface area contributed by atoms with Crippen molar-refractivity contribution in [2.75, 3.05) is 18.0 Å². The van der Waals surface area contributed by atoms with Crippen LogP contribution >= 0.6 is 11.3 Å². The Morgan fingerprint density at radius 1 is 1.13 bits per heavy atom. The van der Waals surface area contributed by atoms with Crippen LogP contribution in [0.3, 0.4) is 0 Å². The fourth-order valence-electron chi connectivity index (χ4n) is 3.19. The van der Waals surface area contributed by atoms with E-state index in [0.717, 1.165) is 11.1 Å². The highest BCUT2D eigenvalue weighted by Crippen LogP contribution is 2.29. The molecule has 1 saturated heterocycles. The predicted octanol–water partition coefficient (Wildman–Crippen LogP) is 3.36. The van der Waals surface area contributed by atoms with E-state index >= 15 is 0 Å². The minimum atomic E-state index is -0.305. The highest BCUT2D eigenvalue weighted by atomic mass is 32.1. The average molecular weight is 425 g/mol. The monoisotopic (exact) mass is 425 g/mol. The lowest BCUT2D eigenvalue weighted by Gasteiger charge is -2.16. The normalized spacial score (nSPS) is 13.7. The molecule has 0 spiro atoms. The summed E-state index contributed by atoms with van der Waals surface area (Å²) >= 11 is 1.21. The van der Waals surface area contributed by atoms with Crippen molar-refractivity contribution < 1.29 is 14.0 Å². The number of amides is 3. The van der Waals surface area contributed by atoms with Crippen LogP contribution in [0.15, 0.2) is 48.8 Å². The molecule has 7 nitrogen and oxygen atoms in total. The Morgan fingerprint density at radius 2 is 1.87 bits per heavy atom. The molecule has 0 aliphatic carbocycles. The molecule has 154 valence electrons. The van der Waals surface area contributed by atoms with Gasteiger partial charge in [-0.15, -0.1) is 0 Å². The summed E-state index contributed by atoms with van der Waals surface area (Å²) in [5, 5.41) is 3.38. The highest BCUT2D eigenvalue weighted by molar-refractivity contribution is 7.17. The van der Waals surface area contributed by atoms with E-state index in [1.54, 1.807) is 41.2 Å². The molecule has 1 N–H and O–H groups in total. The van der Waals surface area contributed by atoms with Gasteiger partial charge in [-0.3, -0.25) is 14.7 Å². The molecule has 4 rings (SSSR count). The Balaban J connectivity index is 1.41. The number of hydrogen-bond acceptors (Lipinski definition) is 5. The molecule has 0 atom stereocenters. The molecule has 0 unspecified atom stereocenters. The van der Waals surface area contributed by atoms with Crippen LogP contribution < -0.4 is 10.2 Å². The van der Waals surface area contributed by atoms with E-state index in [1.807, 2.05) is 12.1 Å². The number of aromatic nitrogens is 2. The number of halogens is 1. The second-order valence-corrected chi connectivity index (χ2v) is 7.91. The zero-order valence-electron chi connectivity index (χ0n) is 16.3. The van der Waals surface area contributed by atoms with Gasteiger partial charge in [0.2, 0.25) is 0 Å². The van der Waals surface area contributed by atoms with Crippen molar-refractivity contribution >= 4 is 28.4 Å². The third-order valence-corrected chi connectivity index (χ3v) is 5.99. The maximum atomic E-state index is 13.1. The van der Waals surface area contributed by atoms with Crippen LogP contribution in [-0.4, -0.2) is 39.9 Å².